The third-order valence-electron chi connectivity index (χ3n) is 1.77. The molecular formula is C9H6F2N4. The molecule has 0 unspecified atom stereocenters. The summed E-state index contributed by atoms with van der Waals surface area (Å²) >= 11 is 0. The summed E-state index contributed by atoms with van der Waals surface area (Å²) < 4.78 is 25.0. The zero-order valence-corrected chi connectivity index (χ0v) is 7.54. The third kappa shape index (κ3) is 2.18. The van der Waals surface area contributed by atoms with Crippen LogP contribution in [0.2, 0.25) is 0 Å². The summed E-state index contributed by atoms with van der Waals surface area (Å²) in [7, 11) is 0. The molecule has 2 N–H and O–H groups in total. The molecule has 1 aromatic heterocycles. The average Bonchev–Trinajstić information content (AvgIpc) is 2.18. The molecule has 0 aromatic carbocycles. The molecule has 0 bridgehead atoms. The maximum absolute atomic E-state index is 12.5. The Balaban J connectivity index is 3.35. The number of alkyl halides is 2. The van der Waals surface area contributed by atoms with Crippen LogP contribution in [0.1, 0.15) is 23.2 Å². The minimum absolute atomic E-state index is 0.0796. The van der Waals surface area contributed by atoms with Crippen molar-refractivity contribution in [2.24, 2.45) is 0 Å². The molecule has 0 fully saturated rings. The van der Waals surface area contributed by atoms with Crippen molar-refractivity contribution in [2.75, 3.05) is 5.73 Å². The Morgan fingerprint density at radius 3 is 2.60 bits per heavy atom. The highest BCUT2D eigenvalue weighted by Gasteiger charge is 2.17. The number of nitrogen functional groups attached to an aromatic ring is 1. The van der Waals surface area contributed by atoms with E-state index in [2.05, 4.69) is 4.98 Å². The van der Waals surface area contributed by atoms with E-state index in [-0.39, 0.29) is 23.5 Å². The highest BCUT2D eigenvalue weighted by molar-refractivity contribution is 5.51. The molecule has 1 rings (SSSR count). The summed E-state index contributed by atoms with van der Waals surface area (Å²) in [5, 5.41) is 17.0. The van der Waals surface area contributed by atoms with Gasteiger partial charge in [-0.1, -0.05) is 0 Å². The first kappa shape index (κ1) is 10.9. The zero-order valence-electron chi connectivity index (χ0n) is 7.54. The van der Waals surface area contributed by atoms with E-state index in [1.807, 2.05) is 0 Å². The van der Waals surface area contributed by atoms with Crippen molar-refractivity contribution in [1.82, 2.24) is 4.98 Å². The van der Waals surface area contributed by atoms with Gasteiger partial charge in [0, 0.05) is 5.56 Å². The summed E-state index contributed by atoms with van der Waals surface area (Å²) in [5.74, 6) is -0.132. The molecule has 76 valence electrons. The van der Waals surface area contributed by atoms with Crippen LogP contribution in [-0.2, 0) is 6.42 Å². The van der Waals surface area contributed by atoms with Gasteiger partial charge in [-0.05, 0) is 6.07 Å². The molecule has 1 heterocycles. The lowest BCUT2D eigenvalue weighted by molar-refractivity contribution is 0.150. The standard InChI is InChI=1S/C9H6F2N4/c10-8(11)6-3-5(4-13)9(14)15-7(6)1-2-12/h3,8H,1H2,(H2,14,15). The normalized spacial score (nSPS) is 9.67. The molecule has 0 aliphatic heterocycles. The minimum atomic E-state index is -2.77. The largest absolute Gasteiger partial charge is 0.383 e. The number of hydrogen-bond donors (Lipinski definition) is 1. The molecule has 0 spiro atoms. The van der Waals surface area contributed by atoms with E-state index in [1.165, 1.54) is 0 Å². The first-order chi connectivity index (χ1) is 7.10. The molecule has 15 heavy (non-hydrogen) atoms. The first-order valence-electron chi connectivity index (χ1n) is 3.94. The van der Waals surface area contributed by atoms with E-state index in [0.29, 0.717) is 0 Å². The van der Waals surface area contributed by atoms with Gasteiger partial charge >= 0.3 is 0 Å². The van der Waals surface area contributed by atoms with Crippen LogP contribution in [0.4, 0.5) is 14.6 Å². The van der Waals surface area contributed by atoms with Gasteiger partial charge in [0.15, 0.2) is 0 Å². The van der Waals surface area contributed by atoms with E-state index >= 15 is 0 Å². The molecule has 0 atom stereocenters. The maximum atomic E-state index is 12.5. The van der Waals surface area contributed by atoms with Crippen molar-refractivity contribution < 1.29 is 8.78 Å². The number of aromatic nitrogens is 1. The molecular weight excluding hydrogens is 202 g/mol. The molecule has 0 radical (unpaired) electrons. The van der Waals surface area contributed by atoms with Crippen LogP contribution >= 0.6 is 0 Å². The van der Waals surface area contributed by atoms with Crippen molar-refractivity contribution in [3.05, 3.63) is 22.9 Å². The SMILES string of the molecule is N#CCc1nc(N)c(C#N)cc1C(F)F. The highest BCUT2D eigenvalue weighted by Crippen LogP contribution is 2.25. The molecule has 4 nitrogen and oxygen atoms in total. The van der Waals surface area contributed by atoms with Crippen LogP contribution in [0.3, 0.4) is 0 Å². The Hall–Kier alpha value is -2.21. The molecule has 1 aromatic rings. The molecule has 6 heteroatoms. The smallest absolute Gasteiger partial charge is 0.265 e. The van der Waals surface area contributed by atoms with Gasteiger partial charge in [-0.3, -0.25) is 0 Å². The van der Waals surface area contributed by atoms with Gasteiger partial charge in [0.25, 0.3) is 6.43 Å². The Bertz CT molecular complexity index is 456. The number of hydrogen-bond acceptors (Lipinski definition) is 4. The number of nitrogens with two attached hydrogens (primary N) is 1. The van der Waals surface area contributed by atoms with Crippen molar-refractivity contribution >= 4 is 5.82 Å². The molecule has 0 aliphatic carbocycles. The lowest BCUT2D eigenvalue weighted by Gasteiger charge is -2.07. The van der Waals surface area contributed by atoms with Gasteiger partial charge in [-0.2, -0.15) is 10.5 Å². The molecule has 0 amide bonds. The molecule has 0 aliphatic rings. The monoisotopic (exact) mass is 208 g/mol. The van der Waals surface area contributed by atoms with Crippen molar-refractivity contribution in [2.45, 2.75) is 12.8 Å². The average molecular weight is 208 g/mol. The topological polar surface area (TPSA) is 86.5 Å². The predicted molar refractivity (Wildman–Crippen MR) is 47.6 cm³/mol. The second-order valence-corrected chi connectivity index (χ2v) is 2.70. The van der Waals surface area contributed by atoms with Crippen LogP contribution in [0, 0.1) is 22.7 Å². The van der Waals surface area contributed by atoms with E-state index in [0.717, 1.165) is 6.07 Å². The lowest BCUT2D eigenvalue weighted by Crippen LogP contribution is -2.04. The Labute approximate surface area is 84.6 Å². The van der Waals surface area contributed by atoms with Crippen molar-refractivity contribution in [3.8, 4) is 12.1 Å². The summed E-state index contributed by atoms with van der Waals surface area (Å²) in [6.45, 7) is 0. The fraction of sp³-hybridized carbons (Fsp3) is 0.222. The van der Waals surface area contributed by atoms with Gasteiger partial charge in [0.2, 0.25) is 0 Å². The second-order valence-electron chi connectivity index (χ2n) is 2.70. The quantitative estimate of drug-likeness (QED) is 0.798. The number of pyridine rings is 1. The summed E-state index contributed by atoms with van der Waals surface area (Å²) in [4.78, 5) is 3.61. The van der Waals surface area contributed by atoms with Gasteiger partial charge in [0.05, 0.1) is 23.7 Å². The molecule has 0 saturated heterocycles. The number of nitriles is 2. The van der Waals surface area contributed by atoms with E-state index < -0.39 is 12.0 Å². The Morgan fingerprint density at radius 1 is 1.47 bits per heavy atom. The van der Waals surface area contributed by atoms with Crippen molar-refractivity contribution in [3.63, 3.8) is 0 Å². The maximum Gasteiger partial charge on any atom is 0.265 e. The van der Waals surface area contributed by atoms with Gasteiger partial charge in [-0.15, -0.1) is 0 Å². The molecule has 0 saturated carbocycles. The first-order valence-corrected chi connectivity index (χ1v) is 3.94. The van der Waals surface area contributed by atoms with Crippen LogP contribution in [0.25, 0.3) is 0 Å². The second kappa shape index (κ2) is 4.34. The van der Waals surface area contributed by atoms with E-state index in [4.69, 9.17) is 16.3 Å². The highest BCUT2D eigenvalue weighted by atomic mass is 19.3. The third-order valence-corrected chi connectivity index (χ3v) is 1.77. The van der Waals surface area contributed by atoms with E-state index in [9.17, 15) is 8.78 Å². The van der Waals surface area contributed by atoms with E-state index in [1.54, 1.807) is 12.1 Å². The van der Waals surface area contributed by atoms with Crippen molar-refractivity contribution in [1.29, 1.82) is 10.5 Å². The van der Waals surface area contributed by atoms with Gasteiger partial charge < -0.3 is 5.73 Å². The number of rotatable bonds is 2. The predicted octanol–water partition coefficient (Wildman–Crippen LogP) is 1.54. The fourth-order valence-corrected chi connectivity index (χ4v) is 1.08. The van der Waals surface area contributed by atoms with Crippen LogP contribution in [0.15, 0.2) is 6.07 Å². The summed E-state index contributed by atoms with van der Waals surface area (Å²) in [5.41, 5.74) is 4.74. The van der Waals surface area contributed by atoms with Gasteiger partial charge in [0.1, 0.15) is 11.9 Å². The van der Waals surface area contributed by atoms with Crippen LogP contribution in [0.5, 0.6) is 0 Å². The number of nitrogens with zero attached hydrogens (tertiary/aromatic N) is 3. The zero-order chi connectivity index (χ0) is 11.4. The Kier molecular flexibility index (Phi) is 3.14. The van der Waals surface area contributed by atoms with Crippen LogP contribution < -0.4 is 5.73 Å². The lowest BCUT2D eigenvalue weighted by atomic mass is 10.1. The Morgan fingerprint density at radius 2 is 2.13 bits per heavy atom. The summed E-state index contributed by atoms with van der Waals surface area (Å²) in [6, 6.07) is 4.34. The van der Waals surface area contributed by atoms with Crippen LogP contribution in [-0.4, -0.2) is 4.98 Å². The van der Waals surface area contributed by atoms with Gasteiger partial charge in [-0.25, -0.2) is 13.8 Å². The number of halogens is 2. The minimum Gasteiger partial charge on any atom is -0.383 e. The number of anilines is 1. The fourth-order valence-electron chi connectivity index (χ4n) is 1.08. The summed E-state index contributed by atoms with van der Waals surface area (Å²) in [6.07, 6.45) is -3.02.